The van der Waals surface area contributed by atoms with Gasteiger partial charge < -0.3 is 0 Å². The van der Waals surface area contributed by atoms with Crippen LogP contribution in [0.5, 0.6) is 0 Å². The van der Waals surface area contributed by atoms with Gasteiger partial charge in [-0.05, 0) is 22.0 Å². The first-order chi connectivity index (χ1) is 7.16. The minimum atomic E-state index is -0.384. The first kappa shape index (κ1) is 10.6. The van der Waals surface area contributed by atoms with Crippen molar-refractivity contribution >= 4 is 27.5 Å². The molecule has 2 rings (SSSR count). The van der Waals surface area contributed by atoms with Crippen LogP contribution in [0.1, 0.15) is 5.56 Å². The highest BCUT2D eigenvalue weighted by molar-refractivity contribution is 9.10. The molecule has 15 heavy (non-hydrogen) atoms. The van der Waals surface area contributed by atoms with Crippen molar-refractivity contribution in [1.82, 2.24) is 9.78 Å². The number of hydrogen-bond donors (Lipinski definition) is 0. The van der Waals surface area contributed by atoms with Gasteiger partial charge in [0.1, 0.15) is 5.82 Å². The minimum Gasteiger partial charge on any atom is -0.267 e. The molecule has 0 saturated carbocycles. The van der Waals surface area contributed by atoms with E-state index in [4.69, 9.17) is 11.6 Å². The SMILES string of the molecule is Fc1c(Cl)cccc1Cn1cc(Br)cn1. The summed E-state index contributed by atoms with van der Waals surface area (Å²) >= 11 is 8.95. The quantitative estimate of drug-likeness (QED) is 0.827. The highest BCUT2D eigenvalue weighted by Crippen LogP contribution is 2.19. The summed E-state index contributed by atoms with van der Waals surface area (Å²) in [6, 6.07) is 4.94. The monoisotopic (exact) mass is 288 g/mol. The Morgan fingerprint density at radius 1 is 1.47 bits per heavy atom. The average molecular weight is 290 g/mol. The van der Waals surface area contributed by atoms with Crippen molar-refractivity contribution in [2.75, 3.05) is 0 Å². The van der Waals surface area contributed by atoms with Crippen molar-refractivity contribution in [3.63, 3.8) is 0 Å². The highest BCUT2D eigenvalue weighted by Gasteiger charge is 2.06. The minimum absolute atomic E-state index is 0.138. The lowest BCUT2D eigenvalue weighted by Crippen LogP contribution is -2.02. The maximum absolute atomic E-state index is 13.5. The van der Waals surface area contributed by atoms with Crippen molar-refractivity contribution in [3.8, 4) is 0 Å². The molecule has 0 amide bonds. The van der Waals surface area contributed by atoms with Crippen LogP contribution in [0.25, 0.3) is 0 Å². The molecule has 0 saturated heterocycles. The van der Waals surface area contributed by atoms with E-state index in [1.54, 1.807) is 29.2 Å². The largest absolute Gasteiger partial charge is 0.267 e. The summed E-state index contributed by atoms with van der Waals surface area (Å²) in [6.45, 7) is 0.373. The molecule has 0 atom stereocenters. The Hall–Kier alpha value is -0.870. The molecule has 0 spiro atoms. The molecular formula is C10H7BrClFN2. The van der Waals surface area contributed by atoms with Gasteiger partial charge in [-0.1, -0.05) is 23.7 Å². The number of rotatable bonds is 2. The maximum Gasteiger partial charge on any atom is 0.146 e. The standard InChI is InChI=1S/C10H7BrClFN2/c11-8-4-14-15(6-8)5-7-2-1-3-9(12)10(7)13/h1-4,6H,5H2. The Labute approximate surface area is 99.8 Å². The second kappa shape index (κ2) is 4.33. The summed E-state index contributed by atoms with van der Waals surface area (Å²) in [4.78, 5) is 0. The van der Waals surface area contributed by atoms with Gasteiger partial charge >= 0.3 is 0 Å². The summed E-state index contributed by atoms with van der Waals surface area (Å²) in [5.74, 6) is -0.384. The van der Waals surface area contributed by atoms with Crippen molar-refractivity contribution in [2.45, 2.75) is 6.54 Å². The van der Waals surface area contributed by atoms with Gasteiger partial charge in [-0.25, -0.2) is 4.39 Å². The van der Waals surface area contributed by atoms with Gasteiger partial charge in [-0.2, -0.15) is 5.10 Å². The third kappa shape index (κ3) is 2.38. The van der Waals surface area contributed by atoms with Crippen LogP contribution in [0.2, 0.25) is 5.02 Å². The maximum atomic E-state index is 13.5. The lowest BCUT2D eigenvalue weighted by atomic mass is 10.2. The van der Waals surface area contributed by atoms with Crippen LogP contribution in [-0.4, -0.2) is 9.78 Å². The molecule has 1 aromatic heterocycles. The predicted octanol–water partition coefficient (Wildman–Crippen LogP) is 3.49. The lowest BCUT2D eigenvalue weighted by molar-refractivity contribution is 0.585. The number of halogens is 3. The summed E-state index contributed by atoms with van der Waals surface area (Å²) in [7, 11) is 0. The van der Waals surface area contributed by atoms with Gasteiger partial charge in [0.25, 0.3) is 0 Å². The molecule has 78 valence electrons. The summed E-state index contributed by atoms with van der Waals surface area (Å²) in [5, 5.41) is 4.18. The summed E-state index contributed by atoms with van der Waals surface area (Å²) in [6.07, 6.45) is 3.43. The molecule has 2 nitrogen and oxygen atoms in total. The van der Waals surface area contributed by atoms with Crippen LogP contribution >= 0.6 is 27.5 Å². The average Bonchev–Trinajstić information content (AvgIpc) is 2.59. The molecule has 0 unspecified atom stereocenters. The van der Waals surface area contributed by atoms with Gasteiger partial charge in [0.05, 0.1) is 22.2 Å². The molecule has 0 bridgehead atoms. The van der Waals surface area contributed by atoms with Gasteiger partial charge in [-0.15, -0.1) is 0 Å². The molecule has 0 N–H and O–H groups in total. The second-order valence-electron chi connectivity index (χ2n) is 3.07. The highest BCUT2D eigenvalue weighted by atomic mass is 79.9. The number of nitrogens with zero attached hydrogens (tertiary/aromatic N) is 2. The zero-order valence-corrected chi connectivity index (χ0v) is 9.96. The Morgan fingerprint density at radius 3 is 2.93 bits per heavy atom. The molecule has 2 aromatic rings. The number of benzene rings is 1. The van der Waals surface area contributed by atoms with Gasteiger partial charge in [0.15, 0.2) is 0 Å². The van der Waals surface area contributed by atoms with E-state index in [0.29, 0.717) is 12.1 Å². The molecule has 5 heteroatoms. The van der Waals surface area contributed by atoms with Gasteiger partial charge in [0, 0.05) is 11.8 Å². The zero-order valence-electron chi connectivity index (χ0n) is 7.62. The zero-order chi connectivity index (χ0) is 10.8. The van der Waals surface area contributed by atoms with Crippen molar-refractivity contribution in [3.05, 3.63) is 51.5 Å². The Kier molecular flexibility index (Phi) is 3.07. The van der Waals surface area contributed by atoms with Crippen LogP contribution in [-0.2, 0) is 6.54 Å². The number of hydrogen-bond acceptors (Lipinski definition) is 1. The molecule has 0 aliphatic rings. The van der Waals surface area contributed by atoms with E-state index in [2.05, 4.69) is 21.0 Å². The van der Waals surface area contributed by atoms with Crippen molar-refractivity contribution < 1.29 is 4.39 Å². The van der Waals surface area contributed by atoms with Crippen molar-refractivity contribution in [1.29, 1.82) is 0 Å². The molecule has 0 fully saturated rings. The molecule has 1 heterocycles. The third-order valence-corrected chi connectivity index (χ3v) is 2.67. The van der Waals surface area contributed by atoms with E-state index in [-0.39, 0.29) is 10.8 Å². The fraction of sp³-hybridized carbons (Fsp3) is 0.100. The van der Waals surface area contributed by atoms with Crippen LogP contribution in [0.3, 0.4) is 0 Å². The van der Waals surface area contributed by atoms with Crippen LogP contribution < -0.4 is 0 Å². The van der Waals surface area contributed by atoms with Crippen LogP contribution in [0.4, 0.5) is 4.39 Å². The van der Waals surface area contributed by atoms with Gasteiger partial charge in [0.2, 0.25) is 0 Å². The number of aromatic nitrogens is 2. The third-order valence-electron chi connectivity index (χ3n) is 1.97. The molecule has 1 aromatic carbocycles. The predicted molar refractivity (Wildman–Crippen MR) is 60.4 cm³/mol. The first-order valence-corrected chi connectivity index (χ1v) is 5.45. The Morgan fingerprint density at radius 2 is 2.27 bits per heavy atom. The van der Waals surface area contributed by atoms with E-state index in [9.17, 15) is 4.39 Å². The topological polar surface area (TPSA) is 17.8 Å². The van der Waals surface area contributed by atoms with E-state index >= 15 is 0 Å². The van der Waals surface area contributed by atoms with Gasteiger partial charge in [-0.3, -0.25) is 4.68 Å². The second-order valence-corrected chi connectivity index (χ2v) is 4.39. The van der Waals surface area contributed by atoms with E-state index in [0.717, 1.165) is 4.47 Å². The first-order valence-electron chi connectivity index (χ1n) is 4.27. The fourth-order valence-corrected chi connectivity index (χ4v) is 1.79. The normalized spacial score (nSPS) is 10.6. The fourth-order valence-electron chi connectivity index (χ4n) is 1.27. The van der Waals surface area contributed by atoms with Crippen LogP contribution in [0, 0.1) is 5.82 Å². The Bertz CT molecular complexity index is 484. The van der Waals surface area contributed by atoms with E-state index in [1.807, 2.05) is 0 Å². The smallest absolute Gasteiger partial charge is 0.146 e. The van der Waals surface area contributed by atoms with Crippen LogP contribution in [0.15, 0.2) is 35.1 Å². The molecular weight excluding hydrogens is 282 g/mol. The van der Waals surface area contributed by atoms with E-state index < -0.39 is 0 Å². The molecule has 0 aliphatic heterocycles. The molecule has 0 aliphatic carbocycles. The Balaban J connectivity index is 2.28. The molecule has 0 radical (unpaired) electrons. The lowest BCUT2D eigenvalue weighted by Gasteiger charge is -2.04. The summed E-state index contributed by atoms with van der Waals surface area (Å²) in [5.41, 5.74) is 0.526. The van der Waals surface area contributed by atoms with E-state index in [1.165, 1.54) is 6.07 Å². The summed E-state index contributed by atoms with van der Waals surface area (Å²) < 4.78 is 16.0. The van der Waals surface area contributed by atoms with Crippen molar-refractivity contribution in [2.24, 2.45) is 0 Å².